The number of rotatable bonds is 10. The van der Waals surface area contributed by atoms with Gasteiger partial charge in [-0.25, -0.2) is 4.98 Å². The van der Waals surface area contributed by atoms with Crippen molar-refractivity contribution in [3.63, 3.8) is 0 Å². The summed E-state index contributed by atoms with van der Waals surface area (Å²) in [5.74, 6) is 1.49. The predicted octanol–water partition coefficient (Wildman–Crippen LogP) is 5.29. The summed E-state index contributed by atoms with van der Waals surface area (Å²) in [5.41, 5.74) is 2.03. The van der Waals surface area contributed by atoms with Crippen molar-refractivity contribution in [2.75, 3.05) is 13.2 Å². The van der Waals surface area contributed by atoms with Crippen LogP contribution < -0.4 is 14.8 Å². The number of fused-ring (bicyclic) bond motifs is 1. The number of para-hydroxylation sites is 1. The van der Waals surface area contributed by atoms with Gasteiger partial charge in [-0.1, -0.05) is 18.2 Å². The Labute approximate surface area is 176 Å². The van der Waals surface area contributed by atoms with Crippen LogP contribution in [0, 0.1) is 0 Å². The number of hydrogen-bond donors (Lipinski definition) is 1. The van der Waals surface area contributed by atoms with Gasteiger partial charge in [0.1, 0.15) is 0 Å². The highest BCUT2D eigenvalue weighted by molar-refractivity contribution is 7.18. The van der Waals surface area contributed by atoms with Crippen LogP contribution in [0.4, 0.5) is 0 Å². The molecule has 154 valence electrons. The minimum Gasteiger partial charge on any atom is -0.490 e. The molecular formula is C23H28N2O3S. The molecule has 1 heterocycles. The molecule has 0 saturated carbocycles. The van der Waals surface area contributed by atoms with Crippen molar-refractivity contribution >= 4 is 27.5 Å². The number of nitrogens with zero attached hydrogens (tertiary/aromatic N) is 1. The van der Waals surface area contributed by atoms with Gasteiger partial charge in [0, 0.05) is 6.42 Å². The van der Waals surface area contributed by atoms with Gasteiger partial charge in [0.2, 0.25) is 5.91 Å². The summed E-state index contributed by atoms with van der Waals surface area (Å²) < 4.78 is 12.5. The molecule has 1 unspecified atom stereocenters. The Morgan fingerprint density at radius 3 is 2.62 bits per heavy atom. The smallest absolute Gasteiger partial charge is 0.220 e. The number of carbonyl (C=O) groups is 1. The molecule has 0 fully saturated rings. The van der Waals surface area contributed by atoms with Crippen LogP contribution in [0.2, 0.25) is 0 Å². The Hall–Kier alpha value is -2.60. The number of hydrogen-bond acceptors (Lipinski definition) is 5. The Bertz CT molecular complexity index is 921. The van der Waals surface area contributed by atoms with Crippen LogP contribution in [0.25, 0.3) is 10.2 Å². The summed E-state index contributed by atoms with van der Waals surface area (Å²) in [7, 11) is 0. The van der Waals surface area contributed by atoms with E-state index in [1.807, 2.05) is 57.2 Å². The summed E-state index contributed by atoms with van der Waals surface area (Å²) >= 11 is 1.70. The fourth-order valence-electron chi connectivity index (χ4n) is 3.16. The van der Waals surface area contributed by atoms with Gasteiger partial charge in [-0.3, -0.25) is 4.79 Å². The van der Waals surface area contributed by atoms with Gasteiger partial charge in [0.25, 0.3) is 0 Å². The Morgan fingerprint density at radius 1 is 1.10 bits per heavy atom. The molecule has 0 bridgehead atoms. The first-order valence-corrected chi connectivity index (χ1v) is 11.0. The number of ether oxygens (including phenoxy) is 2. The average Bonchev–Trinajstić information content (AvgIpc) is 3.12. The predicted molar refractivity (Wildman–Crippen MR) is 118 cm³/mol. The molecular weight excluding hydrogens is 384 g/mol. The molecule has 1 aromatic heterocycles. The van der Waals surface area contributed by atoms with E-state index in [2.05, 4.69) is 16.4 Å². The van der Waals surface area contributed by atoms with Gasteiger partial charge in [-0.05, 0) is 63.4 Å². The third-order valence-corrected chi connectivity index (χ3v) is 5.67. The molecule has 3 rings (SSSR count). The van der Waals surface area contributed by atoms with E-state index in [9.17, 15) is 4.79 Å². The summed E-state index contributed by atoms with van der Waals surface area (Å²) in [6.45, 7) is 7.02. The van der Waals surface area contributed by atoms with E-state index in [1.54, 1.807) is 11.3 Å². The number of thiazole rings is 1. The van der Waals surface area contributed by atoms with E-state index < -0.39 is 0 Å². The first-order chi connectivity index (χ1) is 14.1. The lowest BCUT2D eigenvalue weighted by Crippen LogP contribution is -2.26. The zero-order chi connectivity index (χ0) is 20.6. The van der Waals surface area contributed by atoms with Crippen molar-refractivity contribution in [3.05, 3.63) is 53.0 Å². The normalized spacial score (nSPS) is 12.0. The van der Waals surface area contributed by atoms with Crippen LogP contribution in [0.15, 0.2) is 42.5 Å². The van der Waals surface area contributed by atoms with Gasteiger partial charge in [-0.15, -0.1) is 11.3 Å². The zero-order valence-electron chi connectivity index (χ0n) is 17.2. The highest BCUT2D eigenvalue weighted by Crippen LogP contribution is 2.30. The molecule has 0 aliphatic carbocycles. The fourth-order valence-corrected chi connectivity index (χ4v) is 4.17. The number of amides is 1. The quantitative estimate of drug-likeness (QED) is 0.491. The van der Waals surface area contributed by atoms with Crippen LogP contribution >= 0.6 is 11.3 Å². The van der Waals surface area contributed by atoms with Crippen molar-refractivity contribution in [1.82, 2.24) is 10.3 Å². The molecule has 0 saturated heterocycles. The first kappa shape index (κ1) is 21.1. The second-order valence-corrected chi connectivity index (χ2v) is 7.91. The number of aromatic nitrogens is 1. The van der Waals surface area contributed by atoms with E-state index in [4.69, 9.17) is 9.47 Å². The van der Waals surface area contributed by atoms with Crippen LogP contribution in [0.5, 0.6) is 11.5 Å². The second kappa shape index (κ2) is 10.3. The van der Waals surface area contributed by atoms with Crippen LogP contribution in [0.1, 0.15) is 50.2 Å². The van der Waals surface area contributed by atoms with E-state index in [1.165, 1.54) is 4.70 Å². The molecule has 3 aromatic rings. The maximum atomic E-state index is 12.4. The Morgan fingerprint density at radius 2 is 1.86 bits per heavy atom. The van der Waals surface area contributed by atoms with Gasteiger partial charge in [-0.2, -0.15) is 0 Å². The molecule has 29 heavy (non-hydrogen) atoms. The van der Waals surface area contributed by atoms with E-state index >= 15 is 0 Å². The SMILES string of the molecule is CCOc1ccc(C(C)NC(=O)CCCc2nc3ccccc3s2)cc1OCC. The molecule has 6 heteroatoms. The van der Waals surface area contributed by atoms with E-state index in [0.29, 0.717) is 25.4 Å². The molecule has 5 nitrogen and oxygen atoms in total. The first-order valence-electron chi connectivity index (χ1n) is 10.1. The van der Waals surface area contributed by atoms with Crippen LogP contribution in [-0.2, 0) is 11.2 Å². The highest BCUT2D eigenvalue weighted by Gasteiger charge is 2.13. The monoisotopic (exact) mass is 412 g/mol. The molecule has 1 amide bonds. The standard InChI is InChI=1S/C23H28N2O3S/c1-4-27-19-14-13-17(15-20(19)28-5-2)16(3)24-22(26)11-8-12-23-25-18-9-6-7-10-21(18)29-23/h6-7,9-10,13-16H,4-5,8,11-12H2,1-3H3,(H,24,26). The largest absolute Gasteiger partial charge is 0.490 e. The van der Waals surface area contributed by atoms with Gasteiger partial charge >= 0.3 is 0 Å². The average molecular weight is 413 g/mol. The van der Waals surface area contributed by atoms with Gasteiger partial charge in [0.15, 0.2) is 11.5 Å². The maximum Gasteiger partial charge on any atom is 0.220 e. The van der Waals surface area contributed by atoms with Crippen LogP contribution in [0.3, 0.4) is 0 Å². The minimum absolute atomic E-state index is 0.0467. The Balaban J connectivity index is 1.52. The topological polar surface area (TPSA) is 60.5 Å². The molecule has 2 aromatic carbocycles. The third kappa shape index (κ3) is 5.70. The summed E-state index contributed by atoms with van der Waals surface area (Å²) in [4.78, 5) is 17.0. The number of nitrogens with one attached hydrogen (secondary N) is 1. The lowest BCUT2D eigenvalue weighted by Gasteiger charge is -2.17. The number of aryl methyl sites for hydroxylation is 1. The minimum atomic E-state index is -0.0974. The summed E-state index contributed by atoms with van der Waals surface area (Å²) in [5, 5.41) is 4.16. The third-order valence-electron chi connectivity index (χ3n) is 4.58. The second-order valence-electron chi connectivity index (χ2n) is 6.79. The molecule has 1 atom stereocenters. The lowest BCUT2D eigenvalue weighted by atomic mass is 10.1. The lowest BCUT2D eigenvalue weighted by molar-refractivity contribution is -0.121. The van der Waals surface area contributed by atoms with Crippen molar-refractivity contribution in [2.24, 2.45) is 0 Å². The van der Waals surface area contributed by atoms with Crippen molar-refractivity contribution in [1.29, 1.82) is 0 Å². The molecule has 0 radical (unpaired) electrons. The highest BCUT2D eigenvalue weighted by atomic mass is 32.1. The Kier molecular flexibility index (Phi) is 7.47. The van der Waals surface area contributed by atoms with Crippen molar-refractivity contribution in [2.45, 2.75) is 46.1 Å². The van der Waals surface area contributed by atoms with Gasteiger partial charge < -0.3 is 14.8 Å². The molecule has 0 aliphatic heterocycles. The zero-order valence-corrected chi connectivity index (χ0v) is 18.1. The molecule has 0 aliphatic rings. The molecule has 1 N–H and O–H groups in total. The van der Waals surface area contributed by atoms with Crippen LogP contribution in [-0.4, -0.2) is 24.1 Å². The number of carbonyl (C=O) groups excluding carboxylic acids is 1. The number of benzene rings is 2. The molecule has 0 spiro atoms. The fraction of sp³-hybridized carbons (Fsp3) is 0.391. The summed E-state index contributed by atoms with van der Waals surface area (Å²) in [6.07, 6.45) is 2.08. The maximum absolute atomic E-state index is 12.4. The summed E-state index contributed by atoms with van der Waals surface area (Å²) in [6, 6.07) is 13.9. The van der Waals surface area contributed by atoms with Gasteiger partial charge in [0.05, 0.1) is 34.5 Å². The van der Waals surface area contributed by atoms with E-state index in [-0.39, 0.29) is 11.9 Å². The van der Waals surface area contributed by atoms with Crippen molar-refractivity contribution in [3.8, 4) is 11.5 Å². The van der Waals surface area contributed by atoms with E-state index in [0.717, 1.165) is 34.7 Å². The van der Waals surface area contributed by atoms with Crippen molar-refractivity contribution < 1.29 is 14.3 Å².